The number of hydrogen-bond acceptors (Lipinski definition) is 14. The van der Waals surface area contributed by atoms with E-state index in [2.05, 4.69) is 16.0 Å². The highest BCUT2D eigenvalue weighted by atomic mass is 16.6. The van der Waals surface area contributed by atoms with Crippen LogP contribution in [0, 0.1) is 23.7 Å². The summed E-state index contributed by atoms with van der Waals surface area (Å²) < 4.78 is 17.3. The van der Waals surface area contributed by atoms with Gasteiger partial charge in [-0.15, -0.1) is 0 Å². The van der Waals surface area contributed by atoms with Crippen molar-refractivity contribution < 1.29 is 67.3 Å². The molecule has 4 aliphatic heterocycles. The Morgan fingerprint density at radius 1 is 0.868 bits per heavy atom. The van der Waals surface area contributed by atoms with Gasteiger partial charge in [-0.25, -0.2) is 4.79 Å². The predicted molar refractivity (Wildman–Crippen MR) is 278 cm³/mol. The fourth-order valence-corrected chi connectivity index (χ4v) is 11.0. The number of cyclic esters (lactones) is 2. The number of ketones is 1. The highest BCUT2D eigenvalue weighted by molar-refractivity contribution is 6.35. The molecule has 4 heterocycles. The Morgan fingerprint density at radius 3 is 2.13 bits per heavy atom. The number of hydrogen-bond donors (Lipinski definition) is 4. The summed E-state index contributed by atoms with van der Waals surface area (Å²) in [5.74, 6) is -8.41. The quantitative estimate of drug-likeness (QED) is 0.154. The molecule has 0 radical (unpaired) electrons. The number of fused-ring (bicyclic) bond motifs is 1. The number of ether oxygens (including phenoxy) is 3. The number of likely N-dealkylation sites (tertiary alicyclic amines) is 2. The topological polar surface area (TPSA) is 268 Å². The zero-order valence-corrected chi connectivity index (χ0v) is 46.6. The third kappa shape index (κ3) is 14.1. The maximum Gasteiger partial charge on any atom is 0.329 e. The summed E-state index contributed by atoms with van der Waals surface area (Å²) in [6, 6.07) is -0.857. The monoisotopic (exact) mass is 1070 g/mol. The molecule has 1 spiro atoms. The Kier molecular flexibility index (Phi) is 21.0. The fraction of sp³-hybridized carbons (Fsp3) is 0.709. The standard InChI is InChI=1S/C55H83N7O14/c1-13-33(8)44-42(64)29-43(65)76-46(32(6)7)49(68)56-38(26-30(2)3)51(70)60-23-14-16-39(60)52(71)59(11)41(28-36-17-19-37(74-12)20-18-36)53(72)75-35(10)45(48(67)57-44)58-47(66)40(27-31(4)5)61-25-22-55(54(61)73)21-15-24-62(55)50(69)34(9)63/h17-20,30-33,35,38-42,44-46,64H,13-16,21-29H2,1-12H3,(H,56,68)(H,57,67)(H,58,66)/t33-,35+,38-,39-,40?,41-,42-,44+,45-,46-,55?/m0/s1. The van der Waals surface area contributed by atoms with E-state index < -0.39 is 137 Å². The van der Waals surface area contributed by atoms with Gasteiger partial charge in [0.2, 0.25) is 35.3 Å². The van der Waals surface area contributed by atoms with Gasteiger partial charge in [-0.2, -0.15) is 0 Å². The van der Waals surface area contributed by atoms with Crippen LogP contribution < -0.4 is 20.7 Å². The third-order valence-corrected chi connectivity index (χ3v) is 15.5. The number of carbonyl (C=O) groups is 10. The van der Waals surface area contributed by atoms with Gasteiger partial charge in [-0.05, 0) is 93.2 Å². The Hall–Kier alpha value is -6.12. The van der Waals surface area contributed by atoms with Gasteiger partial charge in [0.15, 0.2) is 6.10 Å². The predicted octanol–water partition coefficient (Wildman–Crippen LogP) is 2.46. The van der Waals surface area contributed by atoms with Gasteiger partial charge in [0.05, 0.1) is 25.7 Å². The van der Waals surface area contributed by atoms with E-state index in [0.29, 0.717) is 30.6 Å². The lowest BCUT2D eigenvalue weighted by molar-refractivity contribution is -0.162. The molecule has 4 saturated heterocycles. The SMILES string of the molecule is CC[C@H](C)[C@H]1NC(=O)[C@@H](NC(=O)C(CC(C)C)N2CCC3(CCCN3C(=O)C(C)=O)C2=O)[C@@H](C)OC(=O)[C@H](Cc2ccc(OC)cc2)N(C)C(=O)[C@@H]2CCCN2C(=O)[C@H](CC(C)C)NC(=O)[C@H](C(C)C)OC(=O)C[C@@H]1O. The van der Waals surface area contributed by atoms with Crippen molar-refractivity contribution in [2.75, 3.05) is 33.8 Å². The number of likely N-dealkylation sites (N-methyl/N-ethyl adjacent to an activating group) is 1. The summed E-state index contributed by atoms with van der Waals surface area (Å²) in [5, 5.41) is 20.2. The second kappa shape index (κ2) is 26.3. The molecular weight excluding hydrogens is 983 g/mol. The van der Waals surface area contributed by atoms with Gasteiger partial charge in [0.1, 0.15) is 47.6 Å². The van der Waals surface area contributed by atoms with Crippen molar-refractivity contribution in [3.05, 3.63) is 29.8 Å². The van der Waals surface area contributed by atoms with Crippen LogP contribution in [0.1, 0.15) is 133 Å². The number of aliphatic hydroxyl groups excluding tert-OH is 1. The molecule has 422 valence electrons. The van der Waals surface area contributed by atoms with Crippen LogP contribution in [-0.2, 0) is 63.8 Å². The number of carbonyl (C=O) groups excluding carboxylic acids is 10. The molecule has 11 atom stereocenters. The molecule has 1 aromatic carbocycles. The molecule has 76 heavy (non-hydrogen) atoms. The van der Waals surface area contributed by atoms with E-state index in [1.54, 1.807) is 52.0 Å². The number of aliphatic hydroxyl groups is 1. The molecule has 0 aromatic heterocycles. The lowest BCUT2D eigenvalue weighted by Crippen LogP contribution is -2.62. The maximum atomic E-state index is 15.0. The minimum atomic E-state index is -1.72. The normalized spacial score (nSPS) is 28.5. The van der Waals surface area contributed by atoms with Crippen LogP contribution in [0.5, 0.6) is 5.75 Å². The van der Waals surface area contributed by atoms with Crippen LogP contribution in [0.25, 0.3) is 0 Å². The van der Waals surface area contributed by atoms with Gasteiger partial charge < -0.3 is 54.9 Å². The Balaban J connectivity index is 1.61. The number of Topliss-reactive ketones (excluding diaryl/α,β-unsaturated/α-hetero) is 1. The molecule has 5 rings (SSSR count). The van der Waals surface area contributed by atoms with Gasteiger partial charge in [-0.1, -0.05) is 73.9 Å². The van der Waals surface area contributed by atoms with Crippen LogP contribution in [0.4, 0.5) is 0 Å². The second-order valence-electron chi connectivity index (χ2n) is 22.4. The molecule has 21 heteroatoms. The van der Waals surface area contributed by atoms with Crippen molar-refractivity contribution in [3.8, 4) is 5.75 Å². The van der Waals surface area contributed by atoms with Gasteiger partial charge >= 0.3 is 11.9 Å². The zero-order valence-electron chi connectivity index (χ0n) is 46.6. The third-order valence-electron chi connectivity index (χ3n) is 15.5. The molecule has 0 bridgehead atoms. The highest BCUT2D eigenvalue weighted by Crippen LogP contribution is 2.40. The largest absolute Gasteiger partial charge is 0.497 e. The minimum Gasteiger partial charge on any atom is -0.497 e. The van der Waals surface area contributed by atoms with Gasteiger partial charge in [0.25, 0.3) is 11.8 Å². The lowest BCUT2D eigenvalue weighted by Gasteiger charge is -2.36. The summed E-state index contributed by atoms with van der Waals surface area (Å²) in [6.45, 7) is 17.2. The molecule has 21 nitrogen and oxygen atoms in total. The first-order chi connectivity index (χ1) is 35.8. The van der Waals surface area contributed by atoms with Crippen molar-refractivity contribution in [2.45, 2.75) is 194 Å². The first-order valence-electron chi connectivity index (χ1n) is 27.1. The second-order valence-corrected chi connectivity index (χ2v) is 22.4. The number of rotatable bonds is 14. The van der Waals surface area contributed by atoms with E-state index in [1.165, 1.54) is 40.7 Å². The molecule has 7 amide bonds. The fourth-order valence-electron chi connectivity index (χ4n) is 11.0. The Bertz CT molecular complexity index is 2310. The van der Waals surface area contributed by atoms with Crippen LogP contribution in [-0.4, -0.2) is 178 Å². The van der Waals surface area contributed by atoms with Gasteiger partial charge in [0, 0.05) is 40.0 Å². The summed E-state index contributed by atoms with van der Waals surface area (Å²) in [6.07, 6.45) is -3.04. The molecule has 4 N–H and O–H groups in total. The van der Waals surface area contributed by atoms with Crippen molar-refractivity contribution in [1.82, 2.24) is 35.6 Å². The van der Waals surface area contributed by atoms with Crippen molar-refractivity contribution in [2.24, 2.45) is 23.7 Å². The van der Waals surface area contributed by atoms with Crippen molar-refractivity contribution in [1.29, 1.82) is 0 Å². The number of methoxy groups -OCH3 is 1. The summed E-state index contributed by atoms with van der Waals surface area (Å²) in [4.78, 5) is 147. The molecule has 0 aliphatic carbocycles. The smallest absolute Gasteiger partial charge is 0.329 e. The molecule has 0 saturated carbocycles. The highest BCUT2D eigenvalue weighted by Gasteiger charge is 2.57. The molecule has 4 fully saturated rings. The van der Waals surface area contributed by atoms with Crippen LogP contribution in [0.2, 0.25) is 0 Å². The number of nitrogens with zero attached hydrogens (tertiary/aromatic N) is 4. The van der Waals surface area contributed by atoms with Crippen LogP contribution in [0.15, 0.2) is 24.3 Å². The zero-order chi connectivity index (χ0) is 56.5. The molecule has 4 aliphatic rings. The first kappa shape index (κ1) is 60.7. The molecular formula is C55H83N7O14. The minimum absolute atomic E-state index is 0.0558. The molecule has 2 unspecified atom stereocenters. The summed E-state index contributed by atoms with van der Waals surface area (Å²) in [5.41, 5.74) is -0.740. The van der Waals surface area contributed by atoms with E-state index in [1.807, 2.05) is 27.7 Å². The maximum absolute atomic E-state index is 15.0. The number of amides is 7. The average molecular weight is 1070 g/mol. The average Bonchev–Trinajstić information content (AvgIpc) is 4.12. The van der Waals surface area contributed by atoms with Crippen molar-refractivity contribution >= 4 is 59.1 Å². The lowest BCUT2D eigenvalue weighted by atomic mass is 9.92. The van der Waals surface area contributed by atoms with E-state index in [4.69, 9.17) is 14.2 Å². The van der Waals surface area contributed by atoms with E-state index in [0.717, 1.165) is 6.92 Å². The van der Waals surface area contributed by atoms with E-state index in [-0.39, 0.29) is 70.0 Å². The van der Waals surface area contributed by atoms with Crippen molar-refractivity contribution in [3.63, 3.8) is 0 Å². The number of benzene rings is 1. The molecule has 1 aromatic rings. The first-order valence-corrected chi connectivity index (χ1v) is 27.1. The Labute approximate surface area is 447 Å². The van der Waals surface area contributed by atoms with Gasteiger partial charge in [-0.3, -0.25) is 43.2 Å². The Morgan fingerprint density at radius 2 is 1.54 bits per heavy atom. The van der Waals surface area contributed by atoms with Crippen LogP contribution >= 0.6 is 0 Å². The number of nitrogens with one attached hydrogen (secondary N) is 3. The van der Waals surface area contributed by atoms with E-state index in [9.17, 15) is 53.1 Å². The summed E-state index contributed by atoms with van der Waals surface area (Å²) >= 11 is 0. The summed E-state index contributed by atoms with van der Waals surface area (Å²) in [7, 11) is 2.92. The van der Waals surface area contributed by atoms with E-state index >= 15 is 0 Å². The number of esters is 2. The van der Waals surface area contributed by atoms with Crippen LogP contribution in [0.3, 0.4) is 0 Å².